The molecule has 0 heterocycles. The molecule has 7 nitrogen and oxygen atoms in total. The molecule has 0 saturated carbocycles. The van der Waals surface area contributed by atoms with Gasteiger partial charge < -0.3 is 24.2 Å². The number of hydrogen-bond acceptors (Lipinski definition) is 5. The number of nitrogens with zero attached hydrogens (tertiary/aromatic N) is 1. The third-order valence-electron chi connectivity index (χ3n) is 5.89. The fourth-order valence-electron chi connectivity index (χ4n) is 4.00. The van der Waals surface area contributed by atoms with E-state index in [1.54, 1.807) is 36.1 Å². The molecule has 3 rings (SSSR count). The first-order chi connectivity index (χ1) is 18.7. The highest BCUT2D eigenvalue weighted by Crippen LogP contribution is 2.21. The summed E-state index contributed by atoms with van der Waals surface area (Å²) in [5, 5.41) is 10.4. The minimum Gasteiger partial charge on any atom is -0.492 e. The first-order valence-electron chi connectivity index (χ1n) is 12.8. The number of carboxylic acids is 1. The van der Waals surface area contributed by atoms with Gasteiger partial charge in [-0.05, 0) is 85.8 Å². The van der Waals surface area contributed by atoms with Crippen LogP contribution in [0.3, 0.4) is 0 Å². The Labute approximate surface area is 239 Å². The Morgan fingerprint density at radius 3 is 2.28 bits per heavy atom. The van der Waals surface area contributed by atoms with Crippen LogP contribution < -0.4 is 9.47 Å². The molecular weight excluding hydrogens is 541 g/mol. The first-order valence-corrected chi connectivity index (χ1v) is 13.5. The number of aryl methyl sites for hydroxylation is 2. The third kappa shape index (κ3) is 10.4. The predicted molar refractivity (Wildman–Crippen MR) is 152 cm³/mol. The smallest absolute Gasteiger partial charge is 0.415 e. The van der Waals surface area contributed by atoms with Crippen molar-refractivity contribution in [3.05, 3.63) is 93.5 Å². The molecule has 3 aromatic carbocycles. The van der Waals surface area contributed by atoms with Gasteiger partial charge in [0.05, 0.1) is 6.54 Å². The van der Waals surface area contributed by atoms with Crippen molar-refractivity contribution in [1.82, 2.24) is 4.90 Å². The summed E-state index contributed by atoms with van der Waals surface area (Å²) < 4.78 is 16.8. The monoisotopic (exact) mass is 573 g/mol. The lowest BCUT2D eigenvalue weighted by atomic mass is 10.1. The average Bonchev–Trinajstić information content (AvgIpc) is 2.88. The molecule has 1 atom stereocenters. The van der Waals surface area contributed by atoms with E-state index in [0.717, 1.165) is 16.7 Å². The van der Waals surface area contributed by atoms with Crippen molar-refractivity contribution < 1.29 is 28.9 Å². The Morgan fingerprint density at radius 2 is 1.64 bits per heavy atom. The number of ether oxygens (including phenoxy) is 3. The molecule has 0 fully saturated rings. The Morgan fingerprint density at radius 1 is 0.923 bits per heavy atom. The van der Waals surface area contributed by atoms with E-state index in [9.17, 15) is 14.7 Å². The second-order valence-corrected chi connectivity index (χ2v) is 9.90. The third-order valence-corrected chi connectivity index (χ3v) is 6.32. The number of amides is 1. The summed E-state index contributed by atoms with van der Waals surface area (Å²) in [6, 6.07) is 19.9. The van der Waals surface area contributed by atoms with Crippen LogP contribution in [0.2, 0.25) is 10.0 Å². The van der Waals surface area contributed by atoms with Gasteiger partial charge in [-0.2, -0.15) is 0 Å². The maximum Gasteiger partial charge on any atom is 0.415 e. The topological polar surface area (TPSA) is 85.3 Å². The van der Waals surface area contributed by atoms with Gasteiger partial charge in [0.25, 0.3) is 0 Å². The van der Waals surface area contributed by atoms with E-state index in [-0.39, 0.29) is 13.0 Å². The van der Waals surface area contributed by atoms with Crippen LogP contribution in [0, 0.1) is 6.92 Å². The highest BCUT2D eigenvalue weighted by Gasteiger charge is 2.18. The van der Waals surface area contributed by atoms with Crippen LogP contribution >= 0.6 is 23.2 Å². The van der Waals surface area contributed by atoms with Crippen molar-refractivity contribution in [2.45, 2.75) is 39.2 Å². The normalized spacial score (nSPS) is 11.6. The fraction of sp³-hybridized carbons (Fsp3) is 0.333. The lowest BCUT2D eigenvalue weighted by molar-refractivity contribution is -0.149. The molecule has 0 aliphatic rings. The van der Waals surface area contributed by atoms with Gasteiger partial charge in [-0.25, -0.2) is 9.59 Å². The molecular formula is C30H33Cl2NO6. The standard InChI is InChI=1S/C30H33Cl2NO6/c1-3-37-28(29(34)35)19-22-9-11-26(12-10-22)38-15-14-33(30(36)39-27-8-4-6-21(2)16-27)13-5-7-23-17-24(31)20-25(32)18-23/h4,6,8-12,16-18,20,28H,3,5,7,13-15,19H2,1-2H3,(H,34,35). The second kappa shape index (κ2) is 15.4. The van der Waals surface area contributed by atoms with Gasteiger partial charge in [0, 0.05) is 29.6 Å². The molecule has 0 bridgehead atoms. The van der Waals surface area contributed by atoms with Crippen molar-refractivity contribution in [1.29, 1.82) is 0 Å². The van der Waals surface area contributed by atoms with Crippen LogP contribution in [0.25, 0.3) is 0 Å². The Bertz CT molecular complexity index is 1210. The number of carboxylic acid groups (broad SMARTS) is 1. The first kappa shape index (κ1) is 30.3. The van der Waals surface area contributed by atoms with Crippen molar-refractivity contribution >= 4 is 35.3 Å². The molecule has 0 spiro atoms. The van der Waals surface area contributed by atoms with E-state index in [4.69, 9.17) is 37.4 Å². The molecule has 39 heavy (non-hydrogen) atoms. The summed E-state index contributed by atoms with van der Waals surface area (Å²) >= 11 is 12.2. The summed E-state index contributed by atoms with van der Waals surface area (Å²) in [7, 11) is 0. The highest BCUT2D eigenvalue weighted by molar-refractivity contribution is 6.34. The second-order valence-electron chi connectivity index (χ2n) is 9.03. The predicted octanol–water partition coefficient (Wildman–Crippen LogP) is 6.85. The van der Waals surface area contributed by atoms with Crippen LogP contribution in [0.5, 0.6) is 11.5 Å². The zero-order valence-electron chi connectivity index (χ0n) is 22.1. The number of halogens is 2. The van der Waals surface area contributed by atoms with Crippen LogP contribution in [-0.2, 0) is 22.4 Å². The molecule has 0 aromatic heterocycles. The van der Waals surface area contributed by atoms with Gasteiger partial charge in [0.1, 0.15) is 18.1 Å². The van der Waals surface area contributed by atoms with Crippen LogP contribution in [0.1, 0.15) is 30.0 Å². The van der Waals surface area contributed by atoms with Gasteiger partial charge in [-0.15, -0.1) is 0 Å². The van der Waals surface area contributed by atoms with E-state index >= 15 is 0 Å². The molecule has 1 amide bonds. The van der Waals surface area contributed by atoms with Crippen molar-refractivity contribution in [2.24, 2.45) is 0 Å². The summed E-state index contributed by atoms with van der Waals surface area (Å²) in [4.78, 5) is 26.0. The van der Waals surface area contributed by atoms with Crippen molar-refractivity contribution in [2.75, 3.05) is 26.3 Å². The molecule has 1 unspecified atom stereocenters. The minimum absolute atomic E-state index is 0.252. The van der Waals surface area contributed by atoms with Gasteiger partial charge in [-0.1, -0.05) is 47.5 Å². The number of aliphatic carboxylic acids is 1. The molecule has 3 aromatic rings. The van der Waals surface area contributed by atoms with E-state index in [0.29, 0.717) is 54.1 Å². The van der Waals surface area contributed by atoms with Crippen LogP contribution in [-0.4, -0.2) is 54.5 Å². The quantitative estimate of drug-likeness (QED) is 0.227. The van der Waals surface area contributed by atoms with E-state index in [1.165, 1.54) is 0 Å². The summed E-state index contributed by atoms with van der Waals surface area (Å²) in [5.74, 6) is 0.103. The number of hydrogen-bond donors (Lipinski definition) is 1. The minimum atomic E-state index is -0.992. The fourth-order valence-corrected chi connectivity index (χ4v) is 4.57. The van der Waals surface area contributed by atoms with E-state index in [2.05, 4.69) is 0 Å². The molecule has 0 radical (unpaired) electrons. The number of carbonyl (C=O) groups is 2. The van der Waals surface area contributed by atoms with Gasteiger partial charge >= 0.3 is 12.1 Å². The summed E-state index contributed by atoms with van der Waals surface area (Å²) in [5.41, 5.74) is 2.81. The maximum absolute atomic E-state index is 13.0. The Kier molecular flexibility index (Phi) is 11.9. The van der Waals surface area contributed by atoms with Crippen LogP contribution in [0.4, 0.5) is 4.79 Å². The SMILES string of the molecule is CCOC(Cc1ccc(OCCN(CCCc2cc(Cl)cc(Cl)c2)C(=O)Oc2cccc(C)c2)cc1)C(=O)O. The summed E-state index contributed by atoms with van der Waals surface area (Å²) in [6.07, 6.45) is 0.284. The van der Waals surface area contributed by atoms with Crippen molar-refractivity contribution in [3.8, 4) is 11.5 Å². The average molecular weight is 575 g/mol. The Balaban J connectivity index is 1.58. The largest absolute Gasteiger partial charge is 0.492 e. The van der Waals surface area contributed by atoms with Gasteiger partial charge in [0.15, 0.2) is 6.10 Å². The molecule has 1 N–H and O–H groups in total. The zero-order chi connectivity index (χ0) is 28.2. The molecule has 0 aliphatic carbocycles. The number of benzene rings is 3. The van der Waals surface area contributed by atoms with Crippen molar-refractivity contribution in [3.63, 3.8) is 0 Å². The van der Waals surface area contributed by atoms with Crippen LogP contribution in [0.15, 0.2) is 66.7 Å². The Hall–Kier alpha value is -3.26. The van der Waals surface area contributed by atoms with E-state index in [1.807, 2.05) is 49.4 Å². The molecule has 0 saturated heterocycles. The number of carbonyl (C=O) groups excluding carboxylic acids is 1. The molecule has 0 aliphatic heterocycles. The molecule has 208 valence electrons. The summed E-state index contributed by atoms with van der Waals surface area (Å²) in [6.45, 7) is 5.04. The maximum atomic E-state index is 13.0. The van der Waals surface area contributed by atoms with E-state index < -0.39 is 18.2 Å². The number of rotatable bonds is 14. The highest BCUT2D eigenvalue weighted by atomic mass is 35.5. The zero-order valence-corrected chi connectivity index (χ0v) is 23.6. The lowest BCUT2D eigenvalue weighted by Crippen LogP contribution is -2.37. The van der Waals surface area contributed by atoms with Gasteiger partial charge in [-0.3, -0.25) is 0 Å². The molecule has 9 heteroatoms. The lowest BCUT2D eigenvalue weighted by Gasteiger charge is -2.22. The van der Waals surface area contributed by atoms with Gasteiger partial charge in [0.2, 0.25) is 0 Å².